The molecule has 3 aliphatic rings. The van der Waals surface area contributed by atoms with E-state index in [1.807, 2.05) is 0 Å². The highest BCUT2D eigenvalue weighted by atomic mass is 16.5. The molecule has 0 saturated heterocycles. The van der Waals surface area contributed by atoms with Gasteiger partial charge in [0.2, 0.25) is 0 Å². The van der Waals surface area contributed by atoms with Gasteiger partial charge >= 0.3 is 11.9 Å². The SMILES string of the molecule is C=C(C)[C@@H]1CC=C2[C@@H](CC[C@@]23C(=C)CC[C@@]3(C)CCC(=O)/C=C(\C)C(=O)O)[C@H]1CCC(=O)OC. The Kier molecular flexibility index (Phi) is 7.74. The highest BCUT2D eigenvalue weighted by molar-refractivity contribution is 5.98. The number of hydrogen-bond acceptors (Lipinski definition) is 4. The van der Waals surface area contributed by atoms with Crippen LogP contribution in [0.3, 0.4) is 0 Å². The Morgan fingerprint density at radius 2 is 1.94 bits per heavy atom. The molecule has 0 unspecified atom stereocenters. The minimum atomic E-state index is -1.05. The lowest BCUT2D eigenvalue weighted by molar-refractivity contribution is -0.141. The van der Waals surface area contributed by atoms with Crippen molar-refractivity contribution in [3.63, 3.8) is 0 Å². The standard InChI is InChI=1S/C29H40O5/c1-18(2)22-7-9-25-24(23(22)8-10-26(31)34-6)13-16-29(25)20(4)11-14-28(29,5)15-12-21(30)17-19(3)27(32)33/h9,17,22-24H,1,4,7-8,10-16H2,2-3,5-6H3,(H,32,33)/b19-17+/t22-,23-,24-,28-,29+/m0/s1. The zero-order valence-electron chi connectivity index (χ0n) is 21.2. The van der Waals surface area contributed by atoms with Crippen molar-refractivity contribution in [2.45, 2.75) is 78.6 Å². The van der Waals surface area contributed by atoms with E-state index in [0.29, 0.717) is 30.6 Å². The summed E-state index contributed by atoms with van der Waals surface area (Å²) >= 11 is 0. The van der Waals surface area contributed by atoms with Crippen molar-refractivity contribution in [2.24, 2.45) is 28.6 Å². The Balaban J connectivity index is 1.88. The van der Waals surface area contributed by atoms with Gasteiger partial charge in [0.15, 0.2) is 5.78 Å². The number of allylic oxidation sites excluding steroid dienone is 5. The van der Waals surface area contributed by atoms with Crippen molar-refractivity contribution < 1.29 is 24.2 Å². The Morgan fingerprint density at radius 1 is 1.24 bits per heavy atom. The third-order valence-corrected chi connectivity index (χ3v) is 9.14. The lowest BCUT2D eigenvalue weighted by atomic mass is 9.57. The van der Waals surface area contributed by atoms with Crippen LogP contribution < -0.4 is 0 Å². The summed E-state index contributed by atoms with van der Waals surface area (Å²) in [5.41, 5.74) is 3.78. The monoisotopic (exact) mass is 468 g/mol. The van der Waals surface area contributed by atoms with Crippen LogP contribution in [0.5, 0.6) is 0 Å². The molecule has 2 saturated carbocycles. The molecule has 1 spiro atoms. The molecule has 0 bridgehead atoms. The van der Waals surface area contributed by atoms with E-state index in [4.69, 9.17) is 9.84 Å². The molecule has 0 aromatic carbocycles. The van der Waals surface area contributed by atoms with Crippen molar-refractivity contribution in [3.05, 3.63) is 47.6 Å². The smallest absolute Gasteiger partial charge is 0.331 e. The van der Waals surface area contributed by atoms with E-state index in [1.165, 1.54) is 36.8 Å². The average molecular weight is 469 g/mol. The number of aliphatic carboxylic acids is 1. The highest BCUT2D eigenvalue weighted by Gasteiger charge is 2.61. The number of hydrogen-bond donors (Lipinski definition) is 1. The summed E-state index contributed by atoms with van der Waals surface area (Å²) in [5.74, 6) is -0.237. The minimum Gasteiger partial charge on any atom is -0.478 e. The van der Waals surface area contributed by atoms with Gasteiger partial charge in [-0.3, -0.25) is 9.59 Å². The first kappa shape index (κ1) is 26.2. The van der Waals surface area contributed by atoms with Crippen molar-refractivity contribution in [3.8, 4) is 0 Å². The fourth-order valence-electron chi connectivity index (χ4n) is 7.25. The maximum atomic E-state index is 12.5. The minimum absolute atomic E-state index is 0.0795. The van der Waals surface area contributed by atoms with E-state index in [9.17, 15) is 14.4 Å². The molecular weight excluding hydrogens is 428 g/mol. The third-order valence-electron chi connectivity index (χ3n) is 9.14. The average Bonchev–Trinajstić information content (AvgIpc) is 3.31. The fourth-order valence-corrected chi connectivity index (χ4v) is 7.25. The Bertz CT molecular complexity index is 954. The van der Waals surface area contributed by atoms with Crippen LogP contribution in [-0.4, -0.2) is 29.9 Å². The lowest BCUT2D eigenvalue weighted by Crippen LogP contribution is -2.39. The van der Waals surface area contributed by atoms with Crippen LogP contribution >= 0.6 is 0 Å². The molecule has 0 aliphatic heterocycles. The van der Waals surface area contributed by atoms with Crippen LogP contribution in [0.4, 0.5) is 0 Å². The zero-order valence-corrected chi connectivity index (χ0v) is 21.2. The van der Waals surface area contributed by atoms with Gasteiger partial charge in [-0.05, 0) is 88.0 Å². The normalized spacial score (nSPS) is 32.9. The lowest BCUT2D eigenvalue weighted by Gasteiger charge is -2.47. The summed E-state index contributed by atoms with van der Waals surface area (Å²) in [6, 6.07) is 0. The van der Waals surface area contributed by atoms with Crippen molar-refractivity contribution in [2.75, 3.05) is 7.11 Å². The van der Waals surface area contributed by atoms with Crippen molar-refractivity contribution in [1.29, 1.82) is 0 Å². The summed E-state index contributed by atoms with van der Waals surface area (Å²) in [6.45, 7) is 14.6. The molecule has 5 nitrogen and oxygen atoms in total. The largest absolute Gasteiger partial charge is 0.478 e. The number of fused-ring (bicyclic) bond motifs is 2. The van der Waals surface area contributed by atoms with E-state index in [0.717, 1.165) is 44.9 Å². The number of ketones is 1. The second kappa shape index (κ2) is 10.1. The molecule has 5 atom stereocenters. The van der Waals surface area contributed by atoms with Gasteiger partial charge < -0.3 is 9.84 Å². The molecule has 186 valence electrons. The molecule has 2 fully saturated rings. The number of carboxylic acid groups (broad SMARTS) is 1. The number of carboxylic acids is 1. The van der Waals surface area contributed by atoms with Crippen LogP contribution in [-0.2, 0) is 19.1 Å². The first-order valence-electron chi connectivity index (χ1n) is 12.5. The predicted octanol–water partition coefficient (Wildman–Crippen LogP) is 6.21. The summed E-state index contributed by atoms with van der Waals surface area (Å²) < 4.78 is 4.92. The van der Waals surface area contributed by atoms with E-state index in [1.54, 1.807) is 0 Å². The van der Waals surface area contributed by atoms with Gasteiger partial charge in [0, 0.05) is 23.8 Å². The highest BCUT2D eigenvalue weighted by Crippen LogP contribution is 2.71. The van der Waals surface area contributed by atoms with Gasteiger partial charge in [-0.15, -0.1) is 0 Å². The summed E-state index contributed by atoms with van der Waals surface area (Å²) in [4.78, 5) is 35.6. The number of ether oxygens (including phenoxy) is 1. The number of carbonyl (C=O) groups is 3. The van der Waals surface area contributed by atoms with Gasteiger partial charge in [-0.25, -0.2) is 4.79 Å². The quantitative estimate of drug-likeness (QED) is 0.247. The Morgan fingerprint density at radius 3 is 2.56 bits per heavy atom. The van der Waals surface area contributed by atoms with Crippen LogP contribution in [0, 0.1) is 28.6 Å². The van der Waals surface area contributed by atoms with Gasteiger partial charge in [0.1, 0.15) is 0 Å². The number of carbonyl (C=O) groups excluding carboxylic acids is 2. The van der Waals surface area contributed by atoms with Crippen LogP contribution in [0.25, 0.3) is 0 Å². The van der Waals surface area contributed by atoms with Gasteiger partial charge in [-0.1, -0.05) is 42.9 Å². The maximum absolute atomic E-state index is 12.5. The number of esters is 1. The van der Waals surface area contributed by atoms with Crippen LogP contribution in [0.2, 0.25) is 0 Å². The Hall–Kier alpha value is -2.43. The molecular formula is C29H40O5. The number of methoxy groups -OCH3 is 1. The number of rotatable bonds is 9. The molecule has 3 aliphatic carbocycles. The van der Waals surface area contributed by atoms with E-state index < -0.39 is 5.97 Å². The molecule has 5 heteroatoms. The van der Waals surface area contributed by atoms with Gasteiger partial charge in [0.05, 0.1) is 7.11 Å². The van der Waals surface area contributed by atoms with Crippen molar-refractivity contribution in [1.82, 2.24) is 0 Å². The van der Waals surface area contributed by atoms with E-state index >= 15 is 0 Å². The summed E-state index contributed by atoms with van der Waals surface area (Å²) in [7, 11) is 1.44. The van der Waals surface area contributed by atoms with Crippen LogP contribution in [0.15, 0.2) is 47.6 Å². The summed E-state index contributed by atoms with van der Waals surface area (Å²) in [5, 5.41) is 9.10. The molecule has 0 radical (unpaired) electrons. The molecule has 0 aromatic heterocycles. The topological polar surface area (TPSA) is 80.7 Å². The molecule has 0 heterocycles. The van der Waals surface area contributed by atoms with Crippen molar-refractivity contribution >= 4 is 17.7 Å². The second-order valence-electron chi connectivity index (χ2n) is 10.9. The van der Waals surface area contributed by atoms with Gasteiger partial charge in [0.25, 0.3) is 0 Å². The van der Waals surface area contributed by atoms with Gasteiger partial charge in [-0.2, -0.15) is 0 Å². The van der Waals surface area contributed by atoms with E-state index in [2.05, 4.69) is 33.1 Å². The Labute approximate surface area is 204 Å². The second-order valence-corrected chi connectivity index (χ2v) is 10.9. The van der Waals surface area contributed by atoms with Crippen LogP contribution in [0.1, 0.15) is 78.6 Å². The first-order valence-corrected chi connectivity index (χ1v) is 12.5. The molecule has 3 rings (SSSR count). The summed E-state index contributed by atoms with van der Waals surface area (Å²) in [6.07, 6.45) is 10.9. The molecule has 0 aromatic rings. The van der Waals surface area contributed by atoms with E-state index in [-0.39, 0.29) is 28.2 Å². The first-order chi connectivity index (χ1) is 16.0. The molecule has 1 N–H and O–H groups in total. The third kappa shape index (κ3) is 4.58. The zero-order chi connectivity index (χ0) is 25.3. The molecule has 0 amide bonds. The predicted molar refractivity (Wildman–Crippen MR) is 133 cm³/mol. The molecule has 34 heavy (non-hydrogen) atoms. The maximum Gasteiger partial charge on any atom is 0.331 e. The fraction of sp³-hybridized carbons (Fsp3) is 0.621.